The molecule has 1 fully saturated rings. The zero-order valence-electron chi connectivity index (χ0n) is 13.0. The number of ketones is 1. The molecule has 2 rings (SSSR count). The Morgan fingerprint density at radius 2 is 2.04 bits per heavy atom. The van der Waals surface area contributed by atoms with Crippen molar-refractivity contribution in [1.82, 2.24) is 4.90 Å². The molecule has 23 heavy (non-hydrogen) atoms. The third-order valence-electron chi connectivity index (χ3n) is 4.28. The number of methoxy groups -OCH3 is 1. The lowest BCUT2D eigenvalue weighted by atomic mass is 9.90. The highest BCUT2D eigenvalue weighted by molar-refractivity contribution is 5.99. The number of benzene rings is 1. The maximum absolute atomic E-state index is 13.6. The molecule has 0 atom stereocenters. The van der Waals surface area contributed by atoms with Crippen LogP contribution >= 0.6 is 0 Å². The van der Waals surface area contributed by atoms with Crippen molar-refractivity contribution in [3.8, 4) is 5.75 Å². The Hall–Kier alpha value is -2.31. The topological polar surface area (TPSA) is 92.9 Å². The van der Waals surface area contributed by atoms with E-state index in [2.05, 4.69) is 0 Å². The summed E-state index contributed by atoms with van der Waals surface area (Å²) in [6.45, 7) is 0.988. The van der Waals surface area contributed by atoms with Crippen molar-refractivity contribution in [3.05, 3.63) is 23.5 Å². The molecule has 0 unspecified atom stereocenters. The third-order valence-corrected chi connectivity index (χ3v) is 4.28. The molecule has 1 heterocycles. The van der Waals surface area contributed by atoms with Crippen LogP contribution in [0.2, 0.25) is 0 Å². The molecule has 6 nitrogen and oxygen atoms in total. The van der Waals surface area contributed by atoms with E-state index in [0.717, 1.165) is 18.9 Å². The van der Waals surface area contributed by atoms with Gasteiger partial charge in [0.1, 0.15) is 11.6 Å². The molecule has 0 radical (unpaired) electrons. The first-order chi connectivity index (χ1) is 10.9. The molecule has 0 aromatic heterocycles. The number of Topliss-reactive ketones (excluding diaryl/α,β-unsaturated/α-hetero) is 1. The Bertz CT molecular complexity index is 598. The molecule has 3 N–H and O–H groups in total. The van der Waals surface area contributed by atoms with E-state index < -0.39 is 11.9 Å². The number of ether oxygens (including phenoxy) is 1. The van der Waals surface area contributed by atoms with Crippen LogP contribution in [0.25, 0.3) is 0 Å². The van der Waals surface area contributed by atoms with E-state index in [0.29, 0.717) is 25.4 Å². The van der Waals surface area contributed by atoms with Crippen LogP contribution in [0.3, 0.4) is 0 Å². The van der Waals surface area contributed by atoms with Gasteiger partial charge in [-0.05, 0) is 31.2 Å². The molecule has 1 aliphatic heterocycles. The number of nitrogens with zero attached hydrogens (tertiary/aromatic N) is 1. The van der Waals surface area contributed by atoms with Gasteiger partial charge in [0.15, 0.2) is 5.78 Å². The number of rotatable bonds is 5. The maximum atomic E-state index is 13.6. The fourth-order valence-corrected chi connectivity index (χ4v) is 2.84. The molecular formula is C16H21FN2O4. The van der Waals surface area contributed by atoms with E-state index in [1.54, 1.807) is 0 Å². The molecule has 0 bridgehead atoms. The highest BCUT2D eigenvalue weighted by Crippen LogP contribution is 2.28. The lowest BCUT2D eigenvalue weighted by molar-refractivity contribution is 0.0950. The summed E-state index contributed by atoms with van der Waals surface area (Å²) in [5.74, 6) is -0.251. The van der Waals surface area contributed by atoms with Crippen molar-refractivity contribution in [2.45, 2.75) is 25.7 Å². The van der Waals surface area contributed by atoms with Gasteiger partial charge in [0.25, 0.3) is 0 Å². The number of piperidine rings is 1. The van der Waals surface area contributed by atoms with Crippen molar-refractivity contribution >= 4 is 17.6 Å². The molecule has 0 spiro atoms. The minimum absolute atomic E-state index is 0.0561. The Kier molecular flexibility index (Phi) is 5.41. The lowest BCUT2D eigenvalue weighted by Gasteiger charge is -2.29. The Balaban J connectivity index is 1.93. The molecule has 1 saturated heterocycles. The number of amides is 1. The largest absolute Gasteiger partial charge is 0.496 e. The van der Waals surface area contributed by atoms with Gasteiger partial charge in [0.05, 0.1) is 18.4 Å². The summed E-state index contributed by atoms with van der Waals surface area (Å²) < 4.78 is 18.7. The maximum Gasteiger partial charge on any atom is 0.407 e. The van der Waals surface area contributed by atoms with E-state index in [4.69, 9.17) is 15.6 Å². The van der Waals surface area contributed by atoms with Crippen molar-refractivity contribution < 1.29 is 23.8 Å². The van der Waals surface area contributed by atoms with Crippen molar-refractivity contribution in [2.24, 2.45) is 5.92 Å². The van der Waals surface area contributed by atoms with Gasteiger partial charge in [-0.25, -0.2) is 9.18 Å². The van der Waals surface area contributed by atoms with Crippen LogP contribution in [0.1, 0.15) is 36.0 Å². The van der Waals surface area contributed by atoms with Gasteiger partial charge >= 0.3 is 6.09 Å². The standard InChI is InChI=1S/C16H21FN2O4/c1-23-15-9-13(18)12(17)8-11(15)14(20)3-2-10-4-6-19(7-5-10)16(21)22/h8-10H,2-7,18H2,1H3,(H,21,22). The summed E-state index contributed by atoms with van der Waals surface area (Å²) in [6, 6.07) is 2.43. The minimum Gasteiger partial charge on any atom is -0.496 e. The predicted octanol–water partition coefficient (Wildman–Crippen LogP) is 2.77. The predicted molar refractivity (Wildman–Crippen MR) is 83.3 cm³/mol. The fraction of sp³-hybridized carbons (Fsp3) is 0.500. The van der Waals surface area contributed by atoms with Crippen LogP contribution in [-0.2, 0) is 0 Å². The highest BCUT2D eigenvalue weighted by Gasteiger charge is 2.23. The van der Waals surface area contributed by atoms with E-state index in [1.807, 2.05) is 0 Å². The van der Waals surface area contributed by atoms with Gasteiger partial charge in [-0.1, -0.05) is 0 Å². The summed E-state index contributed by atoms with van der Waals surface area (Å²) in [4.78, 5) is 24.6. The number of nitrogens with two attached hydrogens (primary N) is 1. The first-order valence-electron chi connectivity index (χ1n) is 7.56. The van der Waals surface area contributed by atoms with Crippen LogP contribution in [0, 0.1) is 11.7 Å². The molecule has 7 heteroatoms. The third kappa shape index (κ3) is 4.12. The summed E-state index contributed by atoms with van der Waals surface area (Å²) in [6.07, 6.45) is 1.51. The normalized spacial score (nSPS) is 15.5. The van der Waals surface area contributed by atoms with E-state index in [9.17, 15) is 14.0 Å². The van der Waals surface area contributed by atoms with E-state index in [1.165, 1.54) is 18.1 Å². The second-order valence-electron chi connectivity index (χ2n) is 5.75. The quantitative estimate of drug-likeness (QED) is 0.642. The molecule has 1 aromatic rings. The number of likely N-dealkylation sites (tertiary alicyclic amines) is 1. The number of hydrogen-bond donors (Lipinski definition) is 2. The van der Waals surface area contributed by atoms with E-state index >= 15 is 0 Å². The number of halogens is 1. The first kappa shape index (κ1) is 17.1. The number of nitrogen functional groups attached to an aromatic ring is 1. The average molecular weight is 324 g/mol. The monoisotopic (exact) mass is 324 g/mol. The molecule has 1 aliphatic rings. The smallest absolute Gasteiger partial charge is 0.407 e. The molecule has 1 amide bonds. The Morgan fingerprint density at radius 1 is 1.39 bits per heavy atom. The van der Waals surface area contributed by atoms with Crippen molar-refractivity contribution in [2.75, 3.05) is 25.9 Å². The number of anilines is 1. The molecule has 0 aliphatic carbocycles. The van der Waals surface area contributed by atoms with Crippen LogP contribution in [0.15, 0.2) is 12.1 Å². The Morgan fingerprint density at radius 3 is 2.61 bits per heavy atom. The summed E-state index contributed by atoms with van der Waals surface area (Å²) >= 11 is 0. The average Bonchev–Trinajstić information content (AvgIpc) is 2.55. The van der Waals surface area contributed by atoms with Gasteiger partial charge in [0.2, 0.25) is 0 Å². The second-order valence-corrected chi connectivity index (χ2v) is 5.75. The first-order valence-corrected chi connectivity index (χ1v) is 7.56. The van der Waals surface area contributed by atoms with E-state index in [-0.39, 0.29) is 29.2 Å². The van der Waals surface area contributed by atoms with Crippen LogP contribution < -0.4 is 10.5 Å². The summed E-state index contributed by atoms with van der Waals surface area (Å²) in [5.41, 5.74) is 5.62. The molecular weight excluding hydrogens is 303 g/mol. The lowest BCUT2D eigenvalue weighted by Crippen LogP contribution is -2.37. The fourth-order valence-electron chi connectivity index (χ4n) is 2.84. The van der Waals surface area contributed by atoms with Crippen LogP contribution in [0.5, 0.6) is 5.75 Å². The molecule has 0 saturated carbocycles. The van der Waals surface area contributed by atoms with Crippen molar-refractivity contribution in [3.63, 3.8) is 0 Å². The number of carbonyl (C=O) groups is 2. The minimum atomic E-state index is -0.901. The zero-order chi connectivity index (χ0) is 17.0. The van der Waals surface area contributed by atoms with Gasteiger partial charge in [0, 0.05) is 25.6 Å². The number of hydrogen-bond acceptors (Lipinski definition) is 4. The highest BCUT2D eigenvalue weighted by atomic mass is 19.1. The number of carbonyl (C=O) groups excluding carboxylic acids is 1. The van der Waals surface area contributed by atoms with Gasteiger partial charge in [-0.2, -0.15) is 0 Å². The van der Waals surface area contributed by atoms with Crippen molar-refractivity contribution in [1.29, 1.82) is 0 Å². The molecule has 126 valence electrons. The second kappa shape index (κ2) is 7.30. The summed E-state index contributed by atoms with van der Waals surface area (Å²) in [7, 11) is 1.41. The number of carboxylic acid groups (broad SMARTS) is 1. The van der Waals surface area contributed by atoms with Gasteiger partial charge in [-0.15, -0.1) is 0 Å². The summed E-state index contributed by atoms with van der Waals surface area (Å²) in [5, 5.41) is 8.91. The van der Waals surface area contributed by atoms with Gasteiger partial charge in [-0.3, -0.25) is 4.79 Å². The zero-order valence-corrected chi connectivity index (χ0v) is 13.0. The Labute approximate surface area is 134 Å². The van der Waals surface area contributed by atoms with Crippen LogP contribution in [0.4, 0.5) is 14.9 Å². The van der Waals surface area contributed by atoms with Crippen LogP contribution in [-0.4, -0.2) is 42.1 Å². The molecule has 1 aromatic carbocycles. The van der Waals surface area contributed by atoms with Gasteiger partial charge < -0.3 is 20.5 Å². The SMILES string of the molecule is COc1cc(N)c(F)cc1C(=O)CCC1CCN(C(=O)O)CC1.